The van der Waals surface area contributed by atoms with E-state index in [4.69, 9.17) is 10.2 Å². The van der Waals surface area contributed by atoms with Gasteiger partial charge in [0, 0.05) is 19.8 Å². The molecule has 0 aliphatic carbocycles. The van der Waals surface area contributed by atoms with Crippen molar-refractivity contribution in [1.82, 2.24) is 5.32 Å². The molecule has 21 heavy (non-hydrogen) atoms. The van der Waals surface area contributed by atoms with Crippen molar-refractivity contribution in [3.05, 3.63) is 59.8 Å². The first-order valence-electron chi connectivity index (χ1n) is 6.92. The minimum atomic E-state index is -1.33. The number of nitrogens with one attached hydrogen (secondary N) is 1. The Labute approximate surface area is 126 Å². The molecule has 0 aromatic heterocycles. The van der Waals surface area contributed by atoms with Crippen LogP contribution in [0.4, 0.5) is 5.69 Å². The van der Waals surface area contributed by atoms with Crippen molar-refractivity contribution in [2.45, 2.75) is 13.2 Å². The van der Waals surface area contributed by atoms with E-state index in [1.165, 1.54) is 0 Å². The second-order valence-electron chi connectivity index (χ2n) is 4.70. The van der Waals surface area contributed by atoms with Crippen LogP contribution in [0.2, 0.25) is 0 Å². The standard InChI is InChI=1S/C17H24N2O2/c1-4-14(11-12-18-2)5-6-15-7-9-16(10-8-15)19(3)13-17(20)21/h4-12,17-18,20-21H,13H2,1-3H3/b6-5+,12-11-,14-4-. The van der Waals surface area contributed by atoms with Gasteiger partial charge in [0.2, 0.25) is 0 Å². The topological polar surface area (TPSA) is 55.7 Å². The Kier molecular flexibility index (Phi) is 7.29. The molecule has 114 valence electrons. The van der Waals surface area contributed by atoms with Gasteiger partial charge in [0.25, 0.3) is 0 Å². The fourth-order valence-corrected chi connectivity index (χ4v) is 1.81. The first-order chi connectivity index (χ1) is 10.1. The normalized spacial score (nSPS) is 12.6. The van der Waals surface area contributed by atoms with Gasteiger partial charge in [-0.1, -0.05) is 30.4 Å². The molecule has 0 saturated heterocycles. The van der Waals surface area contributed by atoms with E-state index in [1.807, 2.05) is 75.8 Å². The quantitative estimate of drug-likeness (QED) is 0.531. The molecule has 1 rings (SSSR count). The van der Waals surface area contributed by atoms with Crippen LogP contribution < -0.4 is 10.2 Å². The molecule has 0 bridgehead atoms. The van der Waals surface area contributed by atoms with Crippen LogP contribution in [0.5, 0.6) is 0 Å². The molecular formula is C17H24N2O2. The summed E-state index contributed by atoms with van der Waals surface area (Å²) in [5, 5.41) is 20.9. The molecule has 4 heteroatoms. The van der Waals surface area contributed by atoms with Gasteiger partial charge in [0.15, 0.2) is 6.29 Å². The molecule has 0 fully saturated rings. The molecule has 0 unspecified atom stereocenters. The van der Waals surface area contributed by atoms with Crippen molar-refractivity contribution in [3.8, 4) is 0 Å². The van der Waals surface area contributed by atoms with Crippen LogP contribution in [0.25, 0.3) is 6.08 Å². The molecule has 0 atom stereocenters. The molecule has 0 heterocycles. The Hall–Kier alpha value is -2.04. The average Bonchev–Trinajstić information content (AvgIpc) is 2.47. The maximum atomic E-state index is 8.97. The Bertz CT molecular complexity index is 502. The highest BCUT2D eigenvalue weighted by Gasteiger charge is 2.04. The summed E-state index contributed by atoms with van der Waals surface area (Å²) in [6.45, 7) is 2.19. The summed E-state index contributed by atoms with van der Waals surface area (Å²) in [7, 11) is 3.69. The van der Waals surface area contributed by atoms with Gasteiger partial charge >= 0.3 is 0 Å². The highest BCUT2D eigenvalue weighted by molar-refractivity contribution is 5.58. The number of aliphatic hydroxyl groups excluding tert-OH is 1. The largest absolute Gasteiger partial charge is 0.394 e. The molecule has 0 saturated carbocycles. The maximum absolute atomic E-state index is 8.97. The van der Waals surface area contributed by atoms with Crippen molar-refractivity contribution in [3.63, 3.8) is 0 Å². The zero-order valence-corrected chi connectivity index (χ0v) is 12.8. The summed E-state index contributed by atoms with van der Waals surface area (Å²) in [5.74, 6) is 0. The number of hydrogen-bond acceptors (Lipinski definition) is 4. The summed E-state index contributed by atoms with van der Waals surface area (Å²) < 4.78 is 0. The van der Waals surface area contributed by atoms with Crippen molar-refractivity contribution in [2.24, 2.45) is 0 Å². The van der Waals surface area contributed by atoms with E-state index >= 15 is 0 Å². The molecule has 0 aliphatic rings. The predicted octanol–water partition coefficient (Wildman–Crippen LogP) is 2.13. The van der Waals surface area contributed by atoms with Gasteiger partial charge in [-0.25, -0.2) is 0 Å². The van der Waals surface area contributed by atoms with E-state index in [1.54, 1.807) is 4.90 Å². The van der Waals surface area contributed by atoms with E-state index < -0.39 is 6.29 Å². The monoisotopic (exact) mass is 288 g/mol. The Morgan fingerprint density at radius 1 is 1.24 bits per heavy atom. The third kappa shape index (κ3) is 6.29. The SMILES string of the molecule is C/C=C(\C=C/NC)/C=C/c1ccc(N(C)CC(O)O)cc1. The summed E-state index contributed by atoms with van der Waals surface area (Å²) in [5.41, 5.74) is 3.16. The van der Waals surface area contributed by atoms with Crippen LogP contribution in [0.1, 0.15) is 12.5 Å². The molecule has 1 aromatic rings. The highest BCUT2D eigenvalue weighted by atomic mass is 16.5. The van der Waals surface area contributed by atoms with Crippen molar-refractivity contribution < 1.29 is 10.2 Å². The van der Waals surface area contributed by atoms with Gasteiger partial charge in [-0.15, -0.1) is 0 Å². The number of rotatable bonds is 7. The van der Waals surface area contributed by atoms with Gasteiger partial charge in [0.05, 0.1) is 6.54 Å². The van der Waals surface area contributed by atoms with Gasteiger partial charge in [0.1, 0.15) is 0 Å². The number of benzene rings is 1. The first kappa shape index (κ1) is 17.0. The van der Waals surface area contributed by atoms with E-state index in [0.29, 0.717) is 0 Å². The third-order valence-electron chi connectivity index (χ3n) is 3.02. The number of allylic oxidation sites excluding steroid dienone is 4. The maximum Gasteiger partial charge on any atom is 0.169 e. The summed E-state index contributed by atoms with van der Waals surface area (Å²) >= 11 is 0. The summed E-state index contributed by atoms with van der Waals surface area (Å²) in [6.07, 6.45) is 8.68. The van der Waals surface area contributed by atoms with Crippen LogP contribution in [-0.4, -0.2) is 37.1 Å². The molecule has 0 amide bonds. The van der Waals surface area contributed by atoms with Crippen LogP contribution in [-0.2, 0) is 0 Å². The lowest BCUT2D eigenvalue weighted by molar-refractivity contribution is -0.0314. The number of aliphatic hydroxyl groups is 2. The molecule has 1 aromatic carbocycles. The molecule has 4 nitrogen and oxygen atoms in total. The smallest absolute Gasteiger partial charge is 0.169 e. The second-order valence-corrected chi connectivity index (χ2v) is 4.70. The minimum Gasteiger partial charge on any atom is -0.394 e. The lowest BCUT2D eigenvalue weighted by Gasteiger charge is -2.20. The van der Waals surface area contributed by atoms with Crippen molar-refractivity contribution in [2.75, 3.05) is 25.5 Å². The average molecular weight is 288 g/mol. The van der Waals surface area contributed by atoms with E-state index in [2.05, 4.69) is 5.32 Å². The Balaban J connectivity index is 2.72. The fourth-order valence-electron chi connectivity index (χ4n) is 1.81. The molecule has 0 spiro atoms. The van der Waals surface area contributed by atoms with Gasteiger partial charge in [-0.05, 0) is 42.5 Å². The minimum absolute atomic E-state index is 0.187. The lowest BCUT2D eigenvalue weighted by Crippen LogP contribution is -2.28. The number of nitrogens with zero attached hydrogens (tertiary/aromatic N) is 1. The molecule has 0 radical (unpaired) electrons. The Morgan fingerprint density at radius 3 is 2.43 bits per heavy atom. The van der Waals surface area contributed by atoms with Crippen LogP contribution in [0, 0.1) is 0 Å². The fraction of sp³-hybridized carbons (Fsp3) is 0.294. The first-order valence-corrected chi connectivity index (χ1v) is 6.92. The van der Waals surface area contributed by atoms with E-state index in [9.17, 15) is 0 Å². The van der Waals surface area contributed by atoms with Crippen LogP contribution in [0.15, 0.2) is 54.3 Å². The lowest BCUT2D eigenvalue weighted by atomic mass is 10.1. The van der Waals surface area contributed by atoms with Gasteiger partial charge in [-0.3, -0.25) is 0 Å². The zero-order valence-electron chi connectivity index (χ0n) is 12.8. The summed E-state index contributed by atoms with van der Waals surface area (Å²) in [6, 6.07) is 7.92. The zero-order chi connectivity index (χ0) is 15.7. The van der Waals surface area contributed by atoms with Crippen LogP contribution in [0.3, 0.4) is 0 Å². The van der Waals surface area contributed by atoms with E-state index in [0.717, 1.165) is 16.8 Å². The molecule has 0 aliphatic heterocycles. The number of likely N-dealkylation sites (N-methyl/N-ethyl adjacent to an activating group) is 1. The number of anilines is 1. The Morgan fingerprint density at radius 2 is 1.90 bits per heavy atom. The molecular weight excluding hydrogens is 264 g/mol. The predicted molar refractivity (Wildman–Crippen MR) is 88.9 cm³/mol. The molecule has 3 N–H and O–H groups in total. The van der Waals surface area contributed by atoms with Crippen molar-refractivity contribution in [1.29, 1.82) is 0 Å². The highest BCUT2D eigenvalue weighted by Crippen LogP contribution is 2.15. The van der Waals surface area contributed by atoms with Crippen molar-refractivity contribution >= 4 is 11.8 Å². The second kappa shape index (κ2) is 9.00. The van der Waals surface area contributed by atoms with Crippen LogP contribution >= 0.6 is 0 Å². The third-order valence-corrected chi connectivity index (χ3v) is 3.02. The van der Waals surface area contributed by atoms with Gasteiger partial charge < -0.3 is 20.4 Å². The van der Waals surface area contributed by atoms with E-state index in [-0.39, 0.29) is 6.54 Å². The van der Waals surface area contributed by atoms with Gasteiger partial charge in [-0.2, -0.15) is 0 Å². The number of hydrogen-bond donors (Lipinski definition) is 3. The summed E-state index contributed by atoms with van der Waals surface area (Å²) in [4.78, 5) is 1.80.